The van der Waals surface area contributed by atoms with Crippen molar-refractivity contribution in [2.45, 2.75) is 63.8 Å². The molecule has 10 heteroatoms. The number of amides is 3. The summed E-state index contributed by atoms with van der Waals surface area (Å²) in [6.45, 7) is 4.69. The average Bonchev–Trinajstić information content (AvgIpc) is 3.56. The van der Waals surface area contributed by atoms with Crippen molar-refractivity contribution < 1.29 is 18.7 Å². The minimum Gasteiger partial charge on any atom is -0.483 e. The van der Waals surface area contributed by atoms with Crippen LogP contribution < -0.4 is 15.4 Å². The molecule has 1 aromatic heterocycles. The third kappa shape index (κ3) is 5.71. The average molecular weight is 490 g/mol. The Hall–Kier alpha value is -2.62. The number of urea groups is 1. The van der Waals surface area contributed by atoms with Crippen LogP contribution >= 0.6 is 11.8 Å². The first-order valence-corrected chi connectivity index (χ1v) is 13.0. The number of thioether (sulfide) groups is 1. The van der Waals surface area contributed by atoms with Gasteiger partial charge in [0.1, 0.15) is 6.61 Å². The maximum absolute atomic E-state index is 14.0. The van der Waals surface area contributed by atoms with Crippen molar-refractivity contribution in [1.29, 1.82) is 0 Å². The summed E-state index contributed by atoms with van der Waals surface area (Å²) in [4.78, 5) is 24.0. The zero-order valence-electron chi connectivity index (χ0n) is 19.6. The molecule has 0 aliphatic heterocycles. The van der Waals surface area contributed by atoms with Crippen molar-refractivity contribution >= 4 is 23.7 Å². The number of benzene rings is 1. The van der Waals surface area contributed by atoms with Gasteiger partial charge in [-0.15, -0.1) is 10.2 Å². The maximum Gasteiger partial charge on any atom is 0.321 e. The van der Waals surface area contributed by atoms with Gasteiger partial charge in [0.25, 0.3) is 0 Å². The highest BCUT2D eigenvalue weighted by atomic mass is 32.2. The lowest BCUT2D eigenvalue weighted by Crippen LogP contribution is -2.40. The minimum atomic E-state index is -0.497. The highest BCUT2D eigenvalue weighted by Gasteiger charge is 2.43. The topological polar surface area (TPSA) is 98.1 Å². The van der Waals surface area contributed by atoms with Crippen molar-refractivity contribution in [3.8, 4) is 5.75 Å². The molecule has 0 spiro atoms. The van der Waals surface area contributed by atoms with Gasteiger partial charge in [0.2, 0.25) is 5.91 Å². The van der Waals surface area contributed by atoms with Crippen LogP contribution in [0.2, 0.25) is 0 Å². The van der Waals surface area contributed by atoms with Gasteiger partial charge in [0, 0.05) is 12.6 Å². The number of halogens is 1. The van der Waals surface area contributed by atoms with E-state index in [4.69, 9.17) is 4.74 Å². The van der Waals surface area contributed by atoms with Gasteiger partial charge in [-0.25, -0.2) is 9.18 Å². The third-order valence-electron chi connectivity index (χ3n) is 6.87. The lowest BCUT2D eigenvalue weighted by atomic mass is 9.84. The first-order valence-electron chi connectivity index (χ1n) is 12.0. The van der Waals surface area contributed by atoms with Crippen molar-refractivity contribution in [3.05, 3.63) is 35.9 Å². The summed E-state index contributed by atoms with van der Waals surface area (Å²) in [5, 5.41) is 14.2. The molecule has 2 N–H and O–H groups in total. The number of hydrogen-bond donors (Lipinski definition) is 2. The minimum absolute atomic E-state index is 0.0370. The number of nitrogens with one attached hydrogen (secondary N) is 2. The second-order valence-corrected chi connectivity index (χ2v) is 10.1. The Morgan fingerprint density at radius 2 is 2.09 bits per heavy atom. The summed E-state index contributed by atoms with van der Waals surface area (Å²) in [6.07, 6.45) is 5.80. The van der Waals surface area contributed by atoms with Gasteiger partial charge in [-0.05, 0) is 62.5 Å². The fourth-order valence-electron chi connectivity index (χ4n) is 5.27. The van der Waals surface area contributed by atoms with E-state index < -0.39 is 17.8 Å². The molecule has 1 aromatic carbocycles. The molecular formula is C24H32FN5O3S. The van der Waals surface area contributed by atoms with Gasteiger partial charge < -0.3 is 10.1 Å². The Bertz CT molecular complexity index is 1020. The molecule has 34 heavy (non-hydrogen) atoms. The highest BCUT2D eigenvalue weighted by Crippen LogP contribution is 2.52. The van der Waals surface area contributed by atoms with Crippen LogP contribution in [0.4, 0.5) is 9.18 Å². The number of aromatic nitrogens is 3. The lowest BCUT2D eigenvalue weighted by molar-refractivity contribution is -0.117. The molecule has 8 nitrogen and oxygen atoms in total. The van der Waals surface area contributed by atoms with E-state index in [1.807, 2.05) is 11.5 Å². The van der Waals surface area contributed by atoms with E-state index in [1.165, 1.54) is 43.5 Å². The third-order valence-corrected chi connectivity index (χ3v) is 7.81. The molecule has 2 fully saturated rings. The molecule has 3 amide bonds. The number of rotatable bonds is 10. The Kier molecular flexibility index (Phi) is 8.07. The van der Waals surface area contributed by atoms with E-state index in [9.17, 15) is 14.0 Å². The van der Waals surface area contributed by atoms with Crippen LogP contribution in [0.5, 0.6) is 5.75 Å². The first-order chi connectivity index (χ1) is 16.5. The summed E-state index contributed by atoms with van der Waals surface area (Å²) in [7, 11) is 0. The molecule has 2 aliphatic rings. The number of carbonyl (C=O) groups is 2. The zero-order chi connectivity index (χ0) is 24.1. The van der Waals surface area contributed by atoms with Crippen LogP contribution in [0.3, 0.4) is 0 Å². The maximum atomic E-state index is 14.0. The fourth-order valence-corrected chi connectivity index (χ4v) is 6.11. The van der Waals surface area contributed by atoms with E-state index >= 15 is 0 Å². The van der Waals surface area contributed by atoms with Crippen LogP contribution in [0, 0.1) is 23.6 Å². The van der Waals surface area contributed by atoms with Gasteiger partial charge in [-0.1, -0.05) is 37.2 Å². The van der Waals surface area contributed by atoms with E-state index in [-0.39, 0.29) is 24.2 Å². The Morgan fingerprint density at radius 1 is 1.26 bits per heavy atom. The molecule has 2 aromatic rings. The van der Waals surface area contributed by atoms with E-state index in [2.05, 4.69) is 27.8 Å². The van der Waals surface area contributed by atoms with Gasteiger partial charge in [0.15, 0.2) is 22.5 Å². The van der Waals surface area contributed by atoms with E-state index in [0.717, 1.165) is 12.3 Å². The second-order valence-electron chi connectivity index (χ2n) is 9.16. The van der Waals surface area contributed by atoms with E-state index in [1.54, 1.807) is 18.2 Å². The summed E-state index contributed by atoms with van der Waals surface area (Å²) in [5.74, 6) is 1.96. The summed E-state index contributed by atoms with van der Waals surface area (Å²) < 4.78 is 21.8. The molecule has 2 bridgehead atoms. The molecule has 184 valence electrons. The first kappa shape index (κ1) is 24.5. The number of nitrogens with zero attached hydrogens (tertiary/aromatic N) is 3. The van der Waals surface area contributed by atoms with Crippen molar-refractivity contribution in [2.24, 2.45) is 17.8 Å². The molecule has 4 rings (SSSR count). The van der Waals surface area contributed by atoms with Crippen LogP contribution in [0.1, 0.15) is 57.8 Å². The van der Waals surface area contributed by atoms with E-state index in [0.29, 0.717) is 29.4 Å². The molecular weight excluding hydrogens is 457 g/mol. The molecule has 1 heterocycles. The molecule has 4 unspecified atom stereocenters. The van der Waals surface area contributed by atoms with Crippen molar-refractivity contribution in [3.63, 3.8) is 0 Å². The largest absolute Gasteiger partial charge is 0.483 e. The van der Waals surface area contributed by atoms with Crippen LogP contribution in [-0.4, -0.2) is 39.0 Å². The summed E-state index contributed by atoms with van der Waals surface area (Å²) in [6, 6.07) is 5.90. The highest BCUT2D eigenvalue weighted by molar-refractivity contribution is 7.99. The summed E-state index contributed by atoms with van der Waals surface area (Å²) in [5.41, 5.74) is 0. The predicted octanol–water partition coefficient (Wildman–Crippen LogP) is 4.32. The summed E-state index contributed by atoms with van der Waals surface area (Å²) >= 11 is 1.24. The Labute approximate surface area is 203 Å². The van der Waals surface area contributed by atoms with Crippen molar-refractivity contribution in [1.82, 2.24) is 25.4 Å². The smallest absolute Gasteiger partial charge is 0.321 e. The van der Waals surface area contributed by atoms with Crippen LogP contribution in [0.15, 0.2) is 29.4 Å². The number of fused-ring (bicyclic) bond motifs is 2. The Morgan fingerprint density at radius 3 is 2.79 bits per heavy atom. The molecule has 0 saturated heterocycles. The number of ether oxygens (including phenoxy) is 1. The fraction of sp³-hybridized carbons (Fsp3) is 0.583. The monoisotopic (exact) mass is 489 g/mol. The van der Waals surface area contributed by atoms with Gasteiger partial charge in [-0.3, -0.25) is 14.7 Å². The number of carbonyl (C=O) groups excluding carboxylic acids is 2. The van der Waals surface area contributed by atoms with Gasteiger partial charge >= 0.3 is 6.03 Å². The Balaban J connectivity index is 1.47. The SMILES string of the molecule is CCCNC(=O)NC(=O)CSc1nnc(COc2ccccc2F)n1C(C)C1CC2CCC1C2. The molecule has 4 atom stereocenters. The van der Waals surface area contributed by atoms with Gasteiger partial charge in [0.05, 0.1) is 5.75 Å². The second kappa shape index (κ2) is 11.2. The molecule has 2 saturated carbocycles. The quantitative estimate of drug-likeness (QED) is 0.483. The number of para-hydroxylation sites is 1. The molecule has 2 aliphatic carbocycles. The number of imide groups is 1. The van der Waals surface area contributed by atoms with Crippen LogP contribution in [-0.2, 0) is 11.4 Å². The van der Waals surface area contributed by atoms with Crippen molar-refractivity contribution in [2.75, 3.05) is 12.3 Å². The zero-order valence-corrected chi connectivity index (χ0v) is 20.4. The normalized spacial score (nSPS) is 21.9. The predicted molar refractivity (Wildman–Crippen MR) is 127 cm³/mol. The standard InChI is InChI=1S/C24H32FN5O3S/c1-3-10-26-23(32)27-22(31)14-34-24-29-28-21(13-33-20-7-5-4-6-19(20)25)30(24)15(2)18-12-16-8-9-17(18)11-16/h4-7,15-18H,3,8-14H2,1-2H3,(H2,26,27,31,32). The lowest BCUT2D eigenvalue weighted by Gasteiger charge is -2.30. The molecule has 0 radical (unpaired) electrons. The number of hydrogen-bond acceptors (Lipinski definition) is 6. The van der Waals surface area contributed by atoms with Gasteiger partial charge in [-0.2, -0.15) is 0 Å². The van der Waals surface area contributed by atoms with Crippen LogP contribution in [0.25, 0.3) is 0 Å².